The summed E-state index contributed by atoms with van der Waals surface area (Å²) >= 11 is 12.3. The van der Waals surface area contributed by atoms with Gasteiger partial charge in [-0.1, -0.05) is 23.2 Å². The fourth-order valence-electron chi connectivity index (χ4n) is 5.65. The maximum atomic E-state index is 15.3. The second-order valence-corrected chi connectivity index (χ2v) is 12.4. The Kier molecular flexibility index (Phi) is 7.62. The van der Waals surface area contributed by atoms with Crippen LogP contribution in [0.5, 0.6) is 11.5 Å². The Morgan fingerprint density at radius 1 is 1.18 bits per heavy atom. The molecule has 2 atom stereocenters. The van der Waals surface area contributed by atoms with Crippen molar-refractivity contribution in [1.82, 2.24) is 15.3 Å². The predicted octanol–water partition coefficient (Wildman–Crippen LogP) is 5.36. The summed E-state index contributed by atoms with van der Waals surface area (Å²) in [5, 5.41) is 15.6. The quantitative estimate of drug-likeness (QED) is 0.217. The summed E-state index contributed by atoms with van der Waals surface area (Å²) in [6.07, 6.45) is 1.19. The number of aromatic nitrogens is 2. The molecule has 9 nitrogen and oxygen atoms in total. The fourth-order valence-corrected chi connectivity index (χ4v) is 5.97. The zero-order valence-corrected chi connectivity index (χ0v) is 25.9. The minimum absolute atomic E-state index is 0.0154. The lowest BCUT2D eigenvalue weighted by Crippen LogP contribution is -2.44. The molecule has 4 aromatic rings. The normalized spacial score (nSPS) is 18.7. The van der Waals surface area contributed by atoms with Gasteiger partial charge in [-0.05, 0) is 69.0 Å². The molecule has 4 N–H and O–H groups in total. The molecule has 6 rings (SSSR count). The van der Waals surface area contributed by atoms with Gasteiger partial charge in [0, 0.05) is 16.5 Å². The first-order chi connectivity index (χ1) is 21.3. The van der Waals surface area contributed by atoms with Crippen molar-refractivity contribution in [1.29, 1.82) is 0 Å². The number of hydrogen-bond acceptors (Lipinski definition) is 7. The molecule has 13 heteroatoms. The lowest BCUT2D eigenvalue weighted by molar-refractivity contribution is -0.123. The second-order valence-electron chi connectivity index (χ2n) is 11.6. The number of nitrogens with zero attached hydrogens (tertiary/aromatic N) is 2. The standard InChI is InChI=1S/C32H28Cl2F2N4O5/c1-14-20(34)9-15-8-16(10-22(44-3)26(15)39-14)29(41)38-12-32(43,17-4-5-17)23-11-18-28(45-13-31(18,2)30(37)42)27(40-23)24-21(35)7-6-19(33)25(24)36/h6-11,17,43H,4-5,12-13H2,1-3H3,(H2,37,42)(H,38,41)/t31-,32?/m0/s1. The van der Waals surface area contributed by atoms with Crippen molar-refractivity contribution in [2.75, 3.05) is 20.3 Å². The van der Waals surface area contributed by atoms with Gasteiger partial charge in [-0.15, -0.1) is 0 Å². The van der Waals surface area contributed by atoms with Gasteiger partial charge >= 0.3 is 0 Å². The lowest BCUT2D eigenvalue weighted by atomic mass is 9.81. The van der Waals surface area contributed by atoms with Crippen LogP contribution in [-0.2, 0) is 15.8 Å². The van der Waals surface area contributed by atoms with E-state index in [0.717, 1.165) is 12.1 Å². The molecule has 0 radical (unpaired) electrons. The number of aryl methyl sites for hydroxylation is 1. The highest BCUT2D eigenvalue weighted by atomic mass is 35.5. The molecule has 234 valence electrons. The van der Waals surface area contributed by atoms with E-state index in [4.69, 9.17) is 38.4 Å². The summed E-state index contributed by atoms with van der Waals surface area (Å²) in [7, 11) is 1.46. The van der Waals surface area contributed by atoms with Crippen LogP contribution in [0, 0.1) is 24.5 Å². The van der Waals surface area contributed by atoms with Crippen LogP contribution in [0.1, 0.15) is 47.1 Å². The molecule has 2 amide bonds. The molecular weight excluding hydrogens is 629 g/mol. The van der Waals surface area contributed by atoms with Gasteiger partial charge in [-0.2, -0.15) is 0 Å². The molecule has 1 fully saturated rings. The number of nitrogens with two attached hydrogens (primary N) is 1. The number of methoxy groups -OCH3 is 1. The zero-order chi connectivity index (χ0) is 32.4. The number of amides is 2. The average molecular weight is 658 g/mol. The number of rotatable bonds is 8. The van der Waals surface area contributed by atoms with Crippen LogP contribution in [-0.4, -0.2) is 47.2 Å². The summed E-state index contributed by atoms with van der Waals surface area (Å²) in [4.78, 5) is 35.1. The van der Waals surface area contributed by atoms with Crippen molar-refractivity contribution in [3.8, 4) is 22.8 Å². The number of pyridine rings is 2. The SMILES string of the molecule is COc1cc(C(=O)NCC(O)(c2cc3c(c(-c4c(F)ccc(Cl)c4F)n2)OC[C@]3(C)C(N)=O)C2CC2)cc2cc(Cl)c(C)nc12. The van der Waals surface area contributed by atoms with E-state index >= 15 is 8.78 Å². The maximum Gasteiger partial charge on any atom is 0.251 e. The van der Waals surface area contributed by atoms with Gasteiger partial charge in [0.1, 0.15) is 46.1 Å². The minimum Gasteiger partial charge on any atom is -0.494 e. The largest absolute Gasteiger partial charge is 0.494 e. The first kappa shape index (κ1) is 30.9. The number of primary amides is 1. The van der Waals surface area contributed by atoms with E-state index in [1.807, 2.05) is 0 Å². The van der Waals surface area contributed by atoms with Gasteiger partial charge in [0.05, 0.1) is 40.7 Å². The van der Waals surface area contributed by atoms with Crippen molar-refractivity contribution in [2.45, 2.75) is 37.7 Å². The Morgan fingerprint density at radius 2 is 1.91 bits per heavy atom. The van der Waals surface area contributed by atoms with Gasteiger partial charge in [-0.25, -0.2) is 18.7 Å². The number of fused-ring (bicyclic) bond motifs is 2. The van der Waals surface area contributed by atoms with Gasteiger partial charge in [0.25, 0.3) is 5.91 Å². The number of aliphatic hydroxyl groups is 1. The molecule has 45 heavy (non-hydrogen) atoms. The molecule has 0 spiro atoms. The molecule has 0 saturated heterocycles. The number of halogens is 4. The first-order valence-corrected chi connectivity index (χ1v) is 14.8. The summed E-state index contributed by atoms with van der Waals surface area (Å²) in [5.41, 5.74) is 3.23. The van der Waals surface area contributed by atoms with Crippen LogP contribution < -0.4 is 20.5 Å². The molecule has 3 heterocycles. The van der Waals surface area contributed by atoms with Crippen LogP contribution in [0.4, 0.5) is 8.78 Å². The number of hydrogen-bond donors (Lipinski definition) is 3. The average Bonchev–Trinajstić information content (AvgIpc) is 3.81. The van der Waals surface area contributed by atoms with Crippen molar-refractivity contribution in [3.63, 3.8) is 0 Å². The monoisotopic (exact) mass is 656 g/mol. The van der Waals surface area contributed by atoms with E-state index in [9.17, 15) is 14.7 Å². The van der Waals surface area contributed by atoms with Crippen LogP contribution in [0.15, 0.2) is 36.4 Å². The third-order valence-electron chi connectivity index (χ3n) is 8.61. The van der Waals surface area contributed by atoms with Crippen molar-refractivity contribution >= 4 is 45.9 Å². The molecule has 2 aliphatic rings. The Balaban J connectivity index is 1.43. The molecule has 0 bridgehead atoms. The van der Waals surface area contributed by atoms with Gasteiger partial charge in [-0.3, -0.25) is 9.59 Å². The molecule has 1 saturated carbocycles. The highest BCUT2D eigenvalue weighted by Crippen LogP contribution is 2.50. The number of ether oxygens (including phenoxy) is 2. The van der Waals surface area contributed by atoms with E-state index < -0.39 is 40.0 Å². The first-order valence-electron chi connectivity index (χ1n) is 14.1. The second kappa shape index (κ2) is 11.1. The van der Waals surface area contributed by atoms with Crippen LogP contribution in [0.2, 0.25) is 10.0 Å². The van der Waals surface area contributed by atoms with Crippen LogP contribution in [0.3, 0.4) is 0 Å². The predicted molar refractivity (Wildman–Crippen MR) is 164 cm³/mol. The summed E-state index contributed by atoms with van der Waals surface area (Å²) in [6, 6.07) is 8.32. The Labute approximate surface area is 266 Å². The molecule has 1 aliphatic heterocycles. The number of carbonyl (C=O) groups excluding carboxylic acids is 2. The third-order valence-corrected chi connectivity index (χ3v) is 9.28. The van der Waals surface area contributed by atoms with Gasteiger partial charge in [0.15, 0.2) is 5.82 Å². The molecule has 2 aromatic carbocycles. The lowest BCUT2D eigenvalue weighted by Gasteiger charge is -2.30. The van der Waals surface area contributed by atoms with Crippen molar-refractivity contribution in [3.05, 3.63) is 80.6 Å². The number of benzene rings is 2. The summed E-state index contributed by atoms with van der Waals surface area (Å²) < 4.78 is 41.7. The van der Waals surface area contributed by atoms with Crippen molar-refractivity contribution < 1.29 is 33.0 Å². The van der Waals surface area contributed by atoms with Crippen LogP contribution >= 0.6 is 23.2 Å². The van der Waals surface area contributed by atoms with Gasteiger partial charge < -0.3 is 25.6 Å². The molecular formula is C32H28Cl2F2N4O5. The summed E-state index contributed by atoms with van der Waals surface area (Å²) in [6.45, 7) is 2.77. The molecule has 2 aromatic heterocycles. The van der Waals surface area contributed by atoms with E-state index in [0.29, 0.717) is 40.2 Å². The highest BCUT2D eigenvalue weighted by Gasteiger charge is 2.50. The van der Waals surface area contributed by atoms with Crippen LogP contribution in [0.25, 0.3) is 22.2 Å². The minimum atomic E-state index is -1.80. The molecule has 1 unspecified atom stereocenters. The van der Waals surface area contributed by atoms with E-state index in [-0.39, 0.29) is 52.4 Å². The Morgan fingerprint density at radius 3 is 2.58 bits per heavy atom. The number of carbonyl (C=O) groups is 2. The van der Waals surface area contributed by atoms with Crippen molar-refractivity contribution in [2.24, 2.45) is 11.7 Å². The number of nitrogens with one attached hydrogen (secondary N) is 1. The third kappa shape index (κ3) is 5.12. The van der Waals surface area contributed by atoms with E-state index in [2.05, 4.69) is 15.3 Å². The Bertz CT molecular complexity index is 1920. The Hall–Kier alpha value is -4.06. The molecule has 1 aliphatic carbocycles. The maximum absolute atomic E-state index is 15.3. The topological polar surface area (TPSA) is 137 Å². The van der Waals surface area contributed by atoms with Gasteiger partial charge in [0.2, 0.25) is 5.91 Å². The van der Waals surface area contributed by atoms with E-state index in [1.165, 1.54) is 26.2 Å². The van der Waals surface area contributed by atoms with E-state index in [1.54, 1.807) is 19.1 Å². The summed E-state index contributed by atoms with van der Waals surface area (Å²) in [5.74, 6) is -3.38. The zero-order valence-electron chi connectivity index (χ0n) is 24.4. The fraction of sp³-hybridized carbons (Fsp3) is 0.312. The highest BCUT2D eigenvalue weighted by molar-refractivity contribution is 6.32. The smallest absolute Gasteiger partial charge is 0.251 e.